The third-order valence-corrected chi connectivity index (χ3v) is 1.49. The molecular formula is C9H24N2O4. The van der Waals surface area contributed by atoms with E-state index in [0.29, 0.717) is 13.2 Å². The zero-order chi connectivity index (χ0) is 12.3. The van der Waals surface area contributed by atoms with Crippen LogP contribution in [0.5, 0.6) is 0 Å². The molecule has 0 aromatic carbocycles. The van der Waals surface area contributed by atoms with E-state index in [2.05, 4.69) is 11.7 Å². The molecule has 0 heterocycles. The van der Waals surface area contributed by atoms with Crippen molar-refractivity contribution in [1.29, 1.82) is 0 Å². The number of hydrogen-bond donors (Lipinski definition) is 4. The maximum absolute atomic E-state index is 8.92. The smallest absolute Gasteiger partial charge is 0.0781 e. The van der Waals surface area contributed by atoms with Gasteiger partial charge in [0.2, 0.25) is 0 Å². The molecule has 0 aliphatic rings. The fourth-order valence-corrected chi connectivity index (χ4v) is 0.704. The number of hydrazine groups is 1. The van der Waals surface area contributed by atoms with E-state index >= 15 is 0 Å². The first-order valence-electron chi connectivity index (χ1n) is 4.91. The number of aliphatic hydroxyl groups excluding tert-OH is 2. The van der Waals surface area contributed by atoms with Gasteiger partial charge in [0.15, 0.2) is 0 Å². The Labute approximate surface area is 91.1 Å². The highest BCUT2D eigenvalue weighted by molar-refractivity contribution is 4.52. The van der Waals surface area contributed by atoms with E-state index in [9.17, 15) is 0 Å². The first-order chi connectivity index (χ1) is 7.06. The summed E-state index contributed by atoms with van der Waals surface area (Å²) in [7, 11) is 0. The van der Waals surface area contributed by atoms with Crippen LogP contribution < -0.4 is 11.7 Å². The molecular weight excluding hydrogens is 200 g/mol. The van der Waals surface area contributed by atoms with Crippen LogP contribution in [0.15, 0.2) is 0 Å². The topological polar surface area (TPSA) is 111 Å². The van der Waals surface area contributed by atoms with Gasteiger partial charge in [0.05, 0.1) is 38.1 Å². The molecule has 0 amide bonds. The molecule has 6 nitrogen and oxygen atoms in total. The lowest BCUT2D eigenvalue weighted by molar-refractivity contribution is -0.0620. The maximum Gasteiger partial charge on any atom is 0.0781 e. The lowest BCUT2D eigenvalue weighted by Crippen LogP contribution is -2.24. The van der Waals surface area contributed by atoms with Gasteiger partial charge in [-0.2, -0.15) is 0 Å². The van der Waals surface area contributed by atoms with Gasteiger partial charge in [-0.1, -0.05) is 0 Å². The lowest BCUT2D eigenvalue weighted by atomic mass is 10.4. The number of aliphatic hydroxyl groups is 2. The van der Waals surface area contributed by atoms with Gasteiger partial charge in [0, 0.05) is 0 Å². The van der Waals surface area contributed by atoms with Crippen LogP contribution in [0.1, 0.15) is 20.8 Å². The van der Waals surface area contributed by atoms with Gasteiger partial charge in [-0.15, -0.1) is 0 Å². The summed E-state index contributed by atoms with van der Waals surface area (Å²) in [6, 6.07) is 0. The average Bonchev–Trinajstić information content (AvgIpc) is 2.25. The predicted molar refractivity (Wildman–Crippen MR) is 58.0 cm³/mol. The molecule has 3 unspecified atom stereocenters. The Hall–Kier alpha value is -0.240. The molecule has 0 bridgehead atoms. The van der Waals surface area contributed by atoms with Gasteiger partial charge < -0.3 is 19.7 Å². The van der Waals surface area contributed by atoms with E-state index in [-0.39, 0.29) is 18.8 Å². The SMILES string of the molecule is CC(O)COC(C)COC(C)CO.NN. The number of ether oxygens (including phenoxy) is 2. The Kier molecular flexibility index (Phi) is 13.5. The van der Waals surface area contributed by atoms with E-state index in [4.69, 9.17) is 19.7 Å². The minimum Gasteiger partial charge on any atom is -0.394 e. The molecule has 3 atom stereocenters. The quantitative estimate of drug-likeness (QED) is 0.326. The molecule has 0 aliphatic heterocycles. The van der Waals surface area contributed by atoms with Crippen molar-refractivity contribution in [3.8, 4) is 0 Å². The van der Waals surface area contributed by atoms with Crippen LogP contribution in [-0.4, -0.2) is 48.3 Å². The molecule has 6 heteroatoms. The summed E-state index contributed by atoms with van der Waals surface area (Å²) in [6.07, 6.45) is -0.654. The molecule has 0 spiro atoms. The van der Waals surface area contributed by atoms with Gasteiger partial charge in [0.1, 0.15) is 0 Å². The molecule has 0 rings (SSSR count). The van der Waals surface area contributed by atoms with Crippen LogP contribution in [0.2, 0.25) is 0 Å². The summed E-state index contributed by atoms with van der Waals surface area (Å²) in [5.41, 5.74) is 0. The van der Waals surface area contributed by atoms with Crippen molar-refractivity contribution in [3.05, 3.63) is 0 Å². The summed E-state index contributed by atoms with van der Waals surface area (Å²) < 4.78 is 10.5. The number of rotatable bonds is 7. The maximum atomic E-state index is 8.92. The molecule has 0 aromatic rings. The fourth-order valence-electron chi connectivity index (χ4n) is 0.704. The Balaban J connectivity index is 0. The van der Waals surface area contributed by atoms with Gasteiger partial charge in [-0.05, 0) is 20.8 Å². The molecule has 0 fully saturated rings. The summed E-state index contributed by atoms with van der Waals surface area (Å²) in [4.78, 5) is 0. The van der Waals surface area contributed by atoms with Crippen molar-refractivity contribution in [2.24, 2.45) is 11.7 Å². The average molecular weight is 224 g/mol. The third-order valence-electron chi connectivity index (χ3n) is 1.49. The highest BCUT2D eigenvalue weighted by atomic mass is 16.5. The van der Waals surface area contributed by atoms with Crippen molar-refractivity contribution in [2.75, 3.05) is 19.8 Å². The van der Waals surface area contributed by atoms with Crippen molar-refractivity contribution < 1.29 is 19.7 Å². The van der Waals surface area contributed by atoms with Gasteiger partial charge >= 0.3 is 0 Å². The molecule has 0 aromatic heterocycles. The van der Waals surface area contributed by atoms with E-state index in [1.54, 1.807) is 13.8 Å². The fraction of sp³-hybridized carbons (Fsp3) is 1.00. The monoisotopic (exact) mass is 224 g/mol. The zero-order valence-corrected chi connectivity index (χ0v) is 9.72. The largest absolute Gasteiger partial charge is 0.394 e. The van der Waals surface area contributed by atoms with E-state index in [1.165, 1.54) is 0 Å². The highest BCUT2D eigenvalue weighted by Gasteiger charge is 2.06. The first kappa shape index (κ1) is 17.2. The van der Waals surface area contributed by atoms with Gasteiger partial charge in [-0.3, -0.25) is 11.7 Å². The van der Waals surface area contributed by atoms with Crippen LogP contribution in [0.25, 0.3) is 0 Å². The number of hydrogen-bond acceptors (Lipinski definition) is 6. The Morgan fingerprint density at radius 1 is 1.00 bits per heavy atom. The molecule has 94 valence electrons. The van der Waals surface area contributed by atoms with E-state index in [1.807, 2.05) is 6.92 Å². The van der Waals surface area contributed by atoms with Crippen molar-refractivity contribution in [2.45, 2.75) is 39.1 Å². The Morgan fingerprint density at radius 2 is 1.47 bits per heavy atom. The third kappa shape index (κ3) is 13.8. The van der Waals surface area contributed by atoms with Gasteiger partial charge in [0.25, 0.3) is 0 Å². The normalized spacial score (nSPS) is 16.2. The molecule has 0 aliphatic carbocycles. The molecule has 15 heavy (non-hydrogen) atoms. The second-order valence-corrected chi connectivity index (χ2v) is 3.32. The van der Waals surface area contributed by atoms with Crippen molar-refractivity contribution >= 4 is 0 Å². The molecule has 0 radical (unpaired) electrons. The van der Waals surface area contributed by atoms with E-state index in [0.717, 1.165) is 0 Å². The molecule has 6 N–H and O–H groups in total. The van der Waals surface area contributed by atoms with Crippen LogP contribution in [-0.2, 0) is 9.47 Å². The summed E-state index contributed by atoms with van der Waals surface area (Å²) in [5, 5.41) is 17.6. The standard InChI is InChI=1S/C9H20O4.H4N2/c1-7(11)5-12-9(3)6-13-8(2)4-10;1-2/h7-11H,4-6H2,1-3H3;1-2H2. The molecule has 0 saturated heterocycles. The van der Waals surface area contributed by atoms with Crippen molar-refractivity contribution in [3.63, 3.8) is 0 Å². The van der Waals surface area contributed by atoms with Crippen molar-refractivity contribution in [1.82, 2.24) is 0 Å². The van der Waals surface area contributed by atoms with Crippen LogP contribution >= 0.6 is 0 Å². The second kappa shape index (κ2) is 11.8. The summed E-state index contributed by atoms with van der Waals surface area (Å²) >= 11 is 0. The highest BCUT2D eigenvalue weighted by Crippen LogP contribution is 1.97. The zero-order valence-electron chi connectivity index (χ0n) is 9.72. The summed E-state index contributed by atoms with van der Waals surface area (Å²) in [6.45, 7) is 6.10. The molecule has 0 saturated carbocycles. The minimum atomic E-state index is -0.447. The van der Waals surface area contributed by atoms with E-state index < -0.39 is 6.10 Å². The number of nitrogens with two attached hydrogens (primary N) is 2. The minimum absolute atomic E-state index is 0.0170. The summed E-state index contributed by atoms with van der Waals surface area (Å²) in [5.74, 6) is 8.00. The van der Waals surface area contributed by atoms with Crippen LogP contribution in [0.4, 0.5) is 0 Å². The predicted octanol–water partition coefficient (Wildman–Crippen LogP) is -1.01. The lowest BCUT2D eigenvalue weighted by Gasteiger charge is -2.16. The van der Waals surface area contributed by atoms with Gasteiger partial charge in [-0.25, -0.2) is 0 Å². The van der Waals surface area contributed by atoms with Crippen LogP contribution in [0.3, 0.4) is 0 Å². The second-order valence-electron chi connectivity index (χ2n) is 3.32. The Bertz CT molecular complexity index is 125. The van der Waals surface area contributed by atoms with Crippen LogP contribution in [0, 0.1) is 0 Å². The first-order valence-corrected chi connectivity index (χ1v) is 4.91. The Morgan fingerprint density at radius 3 is 1.87 bits per heavy atom.